The van der Waals surface area contributed by atoms with Crippen molar-refractivity contribution >= 4 is 40.7 Å². The molecule has 3 N–H and O–H groups in total. The molecule has 1 unspecified atom stereocenters. The van der Waals surface area contributed by atoms with E-state index in [-0.39, 0.29) is 30.1 Å². The van der Waals surface area contributed by atoms with Crippen LogP contribution in [0.4, 0.5) is 13.2 Å². The predicted molar refractivity (Wildman–Crippen MR) is 123 cm³/mol. The summed E-state index contributed by atoms with van der Waals surface area (Å²) in [6, 6.07) is 6.99. The van der Waals surface area contributed by atoms with E-state index >= 15 is 0 Å². The van der Waals surface area contributed by atoms with Crippen molar-refractivity contribution in [2.45, 2.75) is 25.6 Å². The first-order chi connectivity index (χ1) is 16.0. The summed E-state index contributed by atoms with van der Waals surface area (Å²) in [5, 5.41) is 8.31. The van der Waals surface area contributed by atoms with Gasteiger partial charge in [-0.25, -0.2) is 0 Å². The first-order valence-corrected chi connectivity index (χ1v) is 11.7. The number of carbonyl (C=O) groups is 2. The van der Waals surface area contributed by atoms with Gasteiger partial charge >= 0.3 is 6.18 Å². The van der Waals surface area contributed by atoms with Crippen LogP contribution in [0.15, 0.2) is 35.0 Å². The molecule has 7 nitrogen and oxygen atoms in total. The third-order valence-corrected chi connectivity index (χ3v) is 6.90. The van der Waals surface area contributed by atoms with Crippen LogP contribution in [0.5, 0.6) is 0 Å². The molecule has 0 saturated carbocycles. The largest absolute Gasteiger partial charge is 0.434 e. The number of amides is 2. The molecule has 0 radical (unpaired) electrons. The van der Waals surface area contributed by atoms with Gasteiger partial charge in [-0.05, 0) is 30.7 Å². The minimum Gasteiger partial charge on any atom is -0.336 e. The average Bonchev–Trinajstić information content (AvgIpc) is 3.31. The predicted octanol–water partition coefficient (Wildman–Crippen LogP) is 2.31. The molecule has 1 atom stereocenters. The molecule has 3 rings (SSSR count). The number of halogens is 5. The number of hydrogen-bond donors (Lipinski definition) is 2. The number of nitrogens with zero attached hydrogens (tertiary/aromatic N) is 3. The standard InChI is InChI=1S/C22H26Cl2F3N5O2/c1-14(19(24)20(28)22(25,26)27)29-12-18(33)32-7-6-17(13-32)30-8-10-31(11-9-30)21(34)15-2-4-16(23)5-3-15/h2-5,17,28-29H,6-13H2,1H3/p+1/b19-14+,28-20?. The van der Waals surface area contributed by atoms with Gasteiger partial charge in [-0.15, -0.1) is 0 Å². The quantitative estimate of drug-likeness (QED) is 0.564. The molecule has 0 spiro atoms. The van der Waals surface area contributed by atoms with E-state index in [0.29, 0.717) is 49.9 Å². The van der Waals surface area contributed by atoms with Crippen molar-refractivity contribution in [3.63, 3.8) is 0 Å². The lowest BCUT2D eigenvalue weighted by Crippen LogP contribution is -2.84. The van der Waals surface area contributed by atoms with Gasteiger partial charge in [-0.3, -0.25) is 19.9 Å². The zero-order valence-electron chi connectivity index (χ0n) is 18.7. The normalized spacial score (nSPS) is 20.4. The number of alkyl halides is 3. The van der Waals surface area contributed by atoms with Crippen molar-refractivity contribution in [3.8, 4) is 0 Å². The minimum absolute atomic E-state index is 0.0317. The van der Waals surface area contributed by atoms with E-state index in [9.17, 15) is 22.8 Å². The summed E-state index contributed by atoms with van der Waals surface area (Å²) in [5.74, 6) is -0.225. The van der Waals surface area contributed by atoms with Crippen molar-refractivity contribution in [3.05, 3.63) is 45.6 Å². The summed E-state index contributed by atoms with van der Waals surface area (Å²) < 4.78 is 37.9. The number of likely N-dealkylation sites (tertiary alicyclic amines) is 1. The third-order valence-electron chi connectivity index (χ3n) is 6.16. The fraction of sp³-hybridized carbons (Fsp3) is 0.500. The topological polar surface area (TPSA) is 84.3 Å². The Morgan fingerprint density at radius 3 is 2.29 bits per heavy atom. The number of quaternary nitrogens is 1. The van der Waals surface area contributed by atoms with Gasteiger partial charge in [0.15, 0.2) is 12.3 Å². The molecule has 1 aromatic carbocycles. The number of piperazine rings is 1. The second-order valence-electron chi connectivity index (χ2n) is 8.40. The third kappa shape index (κ3) is 6.50. The lowest BCUT2D eigenvalue weighted by molar-refractivity contribution is -0.595. The average molecular weight is 521 g/mol. The molecule has 1 aromatic rings. The molecule has 0 aromatic heterocycles. The zero-order chi connectivity index (χ0) is 25.0. The summed E-state index contributed by atoms with van der Waals surface area (Å²) in [4.78, 5) is 31.0. The van der Waals surface area contributed by atoms with Crippen molar-refractivity contribution in [1.82, 2.24) is 14.7 Å². The maximum absolute atomic E-state index is 12.7. The molecule has 12 heteroatoms. The highest BCUT2D eigenvalue weighted by atomic mass is 35.5. The van der Waals surface area contributed by atoms with Crippen LogP contribution < -0.4 is 5.32 Å². The monoisotopic (exact) mass is 520 g/mol. The number of nitrogens with two attached hydrogens (primary N) is 1. The van der Waals surface area contributed by atoms with Crippen LogP contribution in [-0.2, 0) is 4.79 Å². The van der Waals surface area contributed by atoms with Crippen LogP contribution in [0, 0.1) is 5.41 Å². The van der Waals surface area contributed by atoms with E-state index in [1.807, 2.05) is 4.90 Å². The van der Waals surface area contributed by atoms with Gasteiger partial charge in [-0.1, -0.05) is 23.2 Å². The highest BCUT2D eigenvalue weighted by Crippen LogP contribution is 2.24. The molecule has 2 amide bonds. The number of benzene rings is 1. The highest BCUT2D eigenvalue weighted by molar-refractivity contribution is 6.44. The summed E-state index contributed by atoms with van der Waals surface area (Å²) in [5.41, 5.74) is -0.971. The number of rotatable bonds is 6. The molecule has 34 heavy (non-hydrogen) atoms. The summed E-state index contributed by atoms with van der Waals surface area (Å²) in [7, 11) is 0. The van der Waals surface area contributed by atoms with E-state index in [0.717, 1.165) is 6.42 Å². The molecule has 2 aliphatic rings. The maximum atomic E-state index is 12.7. The number of carbonyl (C=O) groups excluding carboxylic acids is 2. The summed E-state index contributed by atoms with van der Waals surface area (Å²) in [6.45, 7) is 4.96. The van der Waals surface area contributed by atoms with Crippen LogP contribution in [0.2, 0.25) is 5.02 Å². The van der Waals surface area contributed by atoms with Gasteiger partial charge in [0.2, 0.25) is 0 Å². The smallest absolute Gasteiger partial charge is 0.336 e. The number of allylic oxidation sites excluding steroid dienone is 2. The van der Waals surface area contributed by atoms with E-state index in [2.05, 4.69) is 4.90 Å². The molecular weight excluding hydrogens is 494 g/mol. The van der Waals surface area contributed by atoms with E-state index in [4.69, 9.17) is 28.6 Å². The van der Waals surface area contributed by atoms with E-state index < -0.39 is 16.9 Å². The molecular formula is C22H27Cl2F3N5O2+. The molecule has 2 saturated heterocycles. The van der Waals surface area contributed by atoms with Crippen LogP contribution >= 0.6 is 23.2 Å². The Labute approximate surface area is 206 Å². The molecule has 186 valence electrons. The van der Waals surface area contributed by atoms with Gasteiger partial charge in [-0.2, -0.15) is 13.2 Å². The van der Waals surface area contributed by atoms with Crippen LogP contribution in [-0.4, -0.2) is 90.3 Å². The Morgan fingerprint density at radius 2 is 1.71 bits per heavy atom. The van der Waals surface area contributed by atoms with E-state index in [1.54, 1.807) is 29.2 Å². The molecule has 0 bridgehead atoms. The SMILES string of the molecule is C/C([NH2+]CC(=O)N1CCC(N2CCN(C(=O)c3ccc(Cl)cc3)CC2)C1)=C(\Cl)C(=N)C(F)(F)F. The Balaban J connectivity index is 1.46. The number of hydrogen-bond acceptors (Lipinski definition) is 4. The van der Waals surface area contributed by atoms with Crippen molar-refractivity contribution in [2.75, 3.05) is 45.8 Å². The minimum atomic E-state index is -4.83. The molecule has 2 aliphatic heterocycles. The van der Waals surface area contributed by atoms with Crippen LogP contribution in [0.3, 0.4) is 0 Å². The van der Waals surface area contributed by atoms with Crippen LogP contribution in [0.25, 0.3) is 0 Å². The van der Waals surface area contributed by atoms with Gasteiger partial charge in [0.05, 0.1) is 0 Å². The maximum Gasteiger partial charge on any atom is 0.434 e. The van der Waals surface area contributed by atoms with Crippen molar-refractivity contribution in [2.24, 2.45) is 0 Å². The first kappa shape index (κ1) is 26.5. The Morgan fingerprint density at radius 1 is 1.09 bits per heavy atom. The van der Waals surface area contributed by atoms with Gasteiger partial charge < -0.3 is 15.1 Å². The fourth-order valence-electron chi connectivity index (χ4n) is 4.11. The van der Waals surface area contributed by atoms with Crippen molar-refractivity contribution in [1.29, 1.82) is 5.41 Å². The first-order valence-electron chi connectivity index (χ1n) is 10.9. The highest BCUT2D eigenvalue weighted by Gasteiger charge is 2.38. The summed E-state index contributed by atoms with van der Waals surface area (Å²) >= 11 is 11.5. The lowest BCUT2D eigenvalue weighted by atomic mass is 10.1. The van der Waals surface area contributed by atoms with E-state index in [1.165, 1.54) is 12.2 Å². The Kier molecular flexibility index (Phi) is 8.62. The second kappa shape index (κ2) is 11.1. The zero-order valence-corrected chi connectivity index (χ0v) is 20.2. The fourth-order valence-corrected chi connectivity index (χ4v) is 4.42. The summed E-state index contributed by atoms with van der Waals surface area (Å²) in [6.07, 6.45) is -4.03. The van der Waals surface area contributed by atoms with Gasteiger partial charge in [0.25, 0.3) is 11.8 Å². The Bertz CT molecular complexity index is 960. The lowest BCUT2D eigenvalue weighted by Gasteiger charge is -2.38. The van der Waals surface area contributed by atoms with Crippen LogP contribution in [0.1, 0.15) is 23.7 Å². The van der Waals surface area contributed by atoms with Crippen molar-refractivity contribution < 1.29 is 28.1 Å². The number of nitrogens with one attached hydrogen (secondary N) is 1. The second-order valence-corrected chi connectivity index (χ2v) is 9.21. The van der Waals surface area contributed by atoms with Gasteiger partial charge in [0, 0.05) is 62.8 Å². The Hall–Kier alpha value is -2.14. The molecule has 2 fully saturated rings. The van der Waals surface area contributed by atoms with Gasteiger partial charge in [0.1, 0.15) is 10.7 Å². The molecule has 2 heterocycles. The molecule has 0 aliphatic carbocycles.